The van der Waals surface area contributed by atoms with E-state index in [9.17, 15) is 24.6 Å². The Morgan fingerprint density at radius 2 is 1.74 bits per heavy atom. The fraction of sp³-hybridized carbons (Fsp3) is 0.222. The van der Waals surface area contributed by atoms with Crippen molar-refractivity contribution in [2.45, 2.75) is 17.8 Å². The summed E-state index contributed by atoms with van der Waals surface area (Å²) in [5.74, 6) is -5.19. The zero-order valence-corrected chi connectivity index (χ0v) is 20.9. The summed E-state index contributed by atoms with van der Waals surface area (Å²) in [6.45, 7) is 0.0345. The number of halogens is 2. The number of aliphatic carboxylic acids is 1. The monoisotopic (exact) mass is 555 g/mol. The van der Waals surface area contributed by atoms with E-state index in [0.717, 1.165) is 0 Å². The van der Waals surface area contributed by atoms with Crippen LogP contribution in [0.25, 0.3) is 0 Å². The second kappa shape index (κ2) is 8.99. The number of benzene rings is 3. The molecule has 6 rings (SSSR count). The third kappa shape index (κ3) is 3.58. The number of carbonyl (C=O) groups is 3. The molecule has 2 heterocycles. The second-order valence-corrected chi connectivity index (χ2v) is 10.0. The van der Waals surface area contributed by atoms with Gasteiger partial charge >= 0.3 is 5.97 Å². The van der Waals surface area contributed by atoms with Gasteiger partial charge in [-0.3, -0.25) is 14.4 Å². The van der Waals surface area contributed by atoms with E-state index in [2.05, 4.69) is 5.32 Å². The van der Waals surface area contributed by atoms with Gasteiger partial charge in [0.25, 0.3) is 0 Å². The van der Waals surface area contributed by atoms with Gasteiger partial charge in [0.15, 0.2) is 22.9 Å². The lowest BCUT2D eigenvalue weighted by atomic mass is 9.74. The third-order valence-corrected chi connectivity index (χ3v) is 7.95. The van der Waals surface area contributed by atoms with E-state index >= 15 is 0 Å². The average Bonchev–Trinajstić information content (AvgIpc) is 3.57. The fourth-order valence-corrected chi connectivity index (χ4v) is 5.83. The van der Waals surface area contributed by atoms with Crippen molar-refractivity contribution >= 4 is 46.5 Å². The van der Waals surface area contributed by atoms with Crippen molar-refractivity contribution in [1.82, 2.24) is 0 Å². The molecule has 194 valence electrons. The fourth-order valence-electron chi connectivity index (χ4n) is 5.53. The normalized spacial score (nSPS) is 27.0. The zero-order chi connectivity index (χ0) is 26.8. The molecule has 38 heavy (non-hydrogen) atoms. The van der Waals surface area contributed by atoms with E-state index in [-0.39, 0.29) is 28.0 Å². The molecule has 5 atom stereocenters. The van der Waals surface area contributed by atoms with E-state index < -0.39 is 47.3 Å². The molecule has 1 fully saturated rings. The highest BCUT2D eigenvalue weighted by Gasteiger charge is 2.70. The number of ketones is 1. The molecule has 11 heteroatoms. The van der Waals surface area contributed by atoms with E-state index in [0.29, 0.717) is 22.7 Å². The molecule has 1 spiro atoms. The van der Waals surface area contributed by atoms with Crippen LogP contribution in [0.2, 0.25) is 10.0 Å². The molecule has 0 bridgehead atoms. The SMILES string of the molecule is O=C(Nc1ccc2c(c1)OCO2)[C@H]1C(c2ccc(Cl)c(Cl)c2)OC2(C(=O)c3ccccc3C2O)[C@H]1C(=O)O. The Morgan fingerprint density at radius 1 is 0.974 bits per heavy atom. The predicted molar refractivity (Wildman–Crippen MR) is 135 cm³/mol. The van der Waals surface area contributed by atoms with Gasteiger partial charge < -0.3 is 29.7 Å². The summed E-state index contributed by atoms with van der Waals surface area (Å²) in [6.07, 6.45) is -2.88. The lowest BCUT2D eigenvalue weighted by molar-refractivity contribution is -0.155. The molecule has 3 unspecified atom stereocenters. The largest absolute Gasteiger partial charge is 0.481 e. The van der Waals surface area contributed by atoms with E-state index in [1.54, 1.807) is 30.3 Å². The number of hydrogen-bond donors (Lipinski definition) is 3. The lowest BCUT2D eigenvalue weighted by Crippen LogP contribution is -2.50. The molecule has 0 radical (unpaired) electrons. The molecular formula is C27H19Cl2NO8. The number of nitrogens with one attached hydrogen (secondary N) is 1. The number of rotatable bonds is 4. The standard InChI is InChI=1S/C27H19Cl2NO8/c28-16-7-5-12(9-17(16)29)22-20(25(33)30-13-6-8-18-19(10-13)37-11-36-18)21(26(34)35)27(38-22)23(31)14-3-1-2-4-15(14)24(27)32/h1-10,20-23,31H,11H2,(H,30,33)(H,34,35)/t20-,21-,22?,23?,27?/m1/s1. The number of hydrogen-bond acceptors (Lipinski definition) is 7. The van der Waals surface area contributed by atoms with Gasteiger partial charge in [0.1, 0.15) is 12.0 Å². The summed E-state index contributed by atoms with van der Waals surface area (Å²) < 4.78 is 16.9. The first kappa shape index (κ1) is 24.7. The molecule has 3 aromatic rings. The van der Waals surface area contributed by atoms with Gasteiger partial charge in [-0.05, 0) is 35.4 Å². The number of carbonyl (C=O) groups excluding carboxylic acids is 2. The van der Waals surface area contributed by atoms with Crippen molar-refractivity contribution in [2.75, 3.05) is 12.1 Å². The zero-order valence-electron chi connectivity index (χ0n) is 19.4. The molecule has 2 aliphatic heterocycles. The number of Topliss-reactive ketones (excluding diaryl/α,β-unsaturated/α-hetero) is 1. The van der Waals surface area contributed by atoms with Crippen LogP contribution in [0.5, 0.6) is 11.5 Å². The summed E-state index contributed by atoms with van der Waals surface area (Å²) >= 11 is 12.3. The van der Waals surface area contributed by atoms with Crippen molar-refractivity contribution < 1.29 is 38.8 Å². The molecule has 0 aromatic heterocycles. The van der Waals surface area contributed by atoms with Crippen molar-refractivity contribution in [2.24, 2.45) is 11.8 Å². The lowest BCUT2D eigenvalue weighted by Gasteiger charge is -2.30. The van der Waals surface area contributed by atoms with Gasteiger partial charge in [0.2, 0.25) is 12.7 Å². The maximum atomic E-state index is 13.8. The van der Waals surface area contributed by atoms with E-state index in [1.165, 1.54) is 30.3 Å². The van der Waals surface area contributed by atoms with Crippen LogP contribution in [0.3, 0.4) is 0 Å². The van der Waals surface area contributed by atoms with Crippen LogP contribution in [0.4, 0.5) is 5.69 Å². The van der Waals surface area contributed by atoms with Gasteiger partial charge in [-0.25, -0.2) is 0 Å². The van der Waals surface area contributed by atoms with Crippen LogP contribution in [0.15, 0.2) is 60.7 Å². The quantitative estimate of drug-likeness (QED) is 0.431. The first-order chi connectivity index (χ1) is 18.2. The Morgan fingerprint density at radius 3 is 2.47 bits per heavy atom. The summed E-state index contributed by atoms with van der Waals surface area (Å²) in [5.41, 5.74) is -1.24. The number of aliphatic hydroxyl groups is 1. The molecular weight excluding hydrogens is 537 g/mol. The average molecular weight is 556 g/mol. The number of carboxylic acid groups (broad SMARTS) is 1. The van der Waals surface area contributed by atoms with Gasteiger partial charge in [0.05, 0.1) is 22.1 Å². The molecule has 1 amide bonds. The number of carboxylic acids is 1. The Kier molecular flexibility index (Phi) is 5.84. The van der Waals surface area contributed by atoms with Gasteiger partial charge in [0, 0.05) is 17.3 Å². The van der Waals surface area contributed by atoms with E-state index in [1.807, 2.05) is 0 Å². The number of aliphatic hydroxyl groups excluding tert-OH is 1. The van der Waals surface area contributed by atoms with Crippen LogP contribution >= 0.6 is 23.2 Å². The van der Waals surface area contributed by atoms with E-state index in [4.69, 9.17) is 37.4 Å². The number of fused-ring (bicyclic) bond motifs is 2. The maximum absolute atomic E-state index is 13.8. The van der Waals surface area contributed by atoms with Crippen molar-refractivity contribution in [1.29, 1.82) is 0 Å². The molecule has 3 aliphatic rings. The number of anilines is 1. The maximum Gasteiger partial charge on any atom is 0.310 e. The number of amides is 1. The van der Waals surface area contributed by atoms with Crippen LogP contribution in [0, 0.1) is 11.8 Å². The summed E-state index contributed by atoms with van der Waals surface area (Å²) in [5, 5.41) is 24.9. The highest BCUT2D eigenvalue weighted by atomic mass is 35.5. The van der Waals surface area contributed by atoms with Crippen molar-refractivity contribution in [3.63, 3.8) is 0 Å². The minimum absolute atomic E-state index is 0.0345. The second-order valence-electron chi connectivity index (χ2n) is 9.22. The molecule has 1 saturated heterocycles. The Labute approximate surface area is 225 Å². The Balaban J connectivity index is 1.47. The van der Waals surface area contributed by atoms with Gasteiger partial charge in [-0.2, -0.15) is 0 Å². The van der Waals surface area contributed by atoms with Gasteiger partial charge in [-0.15, -0.1) is 0 Å². The topological polar surface area (TPSA) is 131 Å². The highest BCUT2D eigenvalue weighted by molar-refractivity contribution is 6.42. The number of ether oxygens (including phenoxy) is 3. The minimum atomic E-state index is -2.25. The van der Waals surface area contributed by atoms with Crippen LogP contribution in [-0.4, -0.2) is 40.3 Å². The van der Waals surface area contributed by atoms with Crippen LogP contribution in [-0.2, 0) is 14.3 Å². The molecule has 3 N–H and O–H groups in total. The molecule has 3 aromatic carbocycles. The van der Waals surface area contributed by atoms with Crippen molar-refractivity contribution in [3.8, 4) is 11.5 Å². The first-order valence-electron chi connectivity index (χ1n) is 11.6. The third-order valence-electron chi connectivity index (χ3n) is 7.21. The van der Waals surface area contributed by atoms with Crippen LogP contribution in [0.1, 0.15) is 33.7 Å². The summed E-state index contributed by atoms with van der Waals surface area (Å²) in [7, 11) is 0. The summed E-state index contributed by atoms with van der Waals surface area (Å²) in [6, 6.07) is 15.5. The Bertz CT molecular complexity index is 1510. The smallest absolute Gasteiger partial charge is 0.310 e. The predicted octanol–water partition coefficient (Wildman–Crippen LogP) is 4.42. The van der Waals surface area contributed by atoms with Gasteiger partial charge in [-0.1, -0.05) is 53.5 Å². The molecule has 1 aliphatic carbocycles. The van der Waals surface area contributed by atoms with Crippen molar-refractivity contribution in [3.05, 3.63) is 87.4 Å². The van der Waals surface area contributed by atoms with Crippen LogP contribution < -0.4 is 14.8 Å². The minimum Gasteiger partial charge on any atom is -0.481 e. The Hall–Kier alpha value is -3.63. The molecule has 9 nitrogen and oxygen atoms in total. The summed E-state index contributed by atoms with van der Waals surface area (Å²) in [4.78, 5) is 40.4. The first-order valence-corrected chi connectivity index (χ1v) is 12.4. The molecule has 0 saturated carbocycles. The highest BCUT2D eigenvalue weighted by Crippen LogP contribution is 2.58.